The number of anilines is 1. The Morgan fingerprint density at radius 1 is 0.505 bits per heavy atom. The number of aliphatic hydroxyl groups is 2. The van der Waals surface area contributed by atoms with Gasteiger partial charge in [0.25, 0.3) is 34.0 Å². The van der Waals surface area contributed by atoms with Gasteiger partial charge in [0.1, 0.15) is 45.1 Å². The molecule has 8 rings (SSSR count). The van der Waals surface area contributed by atoms with Gasteiger partial charge in [0.05, 0.1) is 69.5 Å². The number of esters is 4. The van der Waals surface area contributed by atoms with Crippen molar-refractivity contribution in [1.29, 1.82) is 0 Å². The summed E-state index contributed by atoms with van der Waals surface area (Å²) in [5.74, 6) is 0.880. The highest BCUT2D eigenvalue weighted by Gasteiger charge is 2.25. The monoisotopic (exact) mass is 1580 g/mol. The Labute approximate surface area is 635 Å². The number of carbonyl (C=O) groups is 6. The van der Waals surface area contributed by atoms with Gasteiger partial charge in [-0.1, -0.05) is 54.5 Å². The van der Waals surface area contributed by atoms with E-state index in [-0.39, 0.29) is 75.8 Å². The van der Waals surface area contributed by atoms with Gasteiger partial charge in [0.15, 0.2) is 0 Å². The summed E-state index contributed by atoms with van der Waals surface area (Å²) in [7, 11) is 4.80. The van der Waals surface area contributed by atoms with Gasteiger partial charge in [-0.25, -0.2) is 33.8 Å². The van der Waals surface area contributed by atoms with E-state index in [1.807, 2.05) is 18.2 Å². The number of nitrogens with one attached hydrogen (secondary N) is 1. The molecule has 0 aliphatic rings. The first-order valence-corrected chi connectivity index (χ1v) is 32.4. The van der Waals surface area contributed by atoms with Crippen molar-refractivity contribution in [2.24, 2.45) is 0 Å². The van der Waals surface area contributed by atoms with Crippen LogP contribution in [0.4, 0.5) is 34.1 Å². The second-order valence-corrected chi connectivity index (χ2v) is 22.6. The van der Waals surface area contributed by atoms with Crippen molar-refractivity contribution in [3.8, 4) is 23.3 Å². The molecular formula is C71H75Cl3N8O27. The third-order valence-corrected chi connectivity index (χ3v) is 14.6. The van der Waals surface area contributed by atoms with E-state index >= 15 is 0 Å². The van der Waals surface area contributed by atoms with Gasteiger partial charge in [-0.05, 0) is 142 Å². The number of unbranched alkanes of at least 4 members (excludes halogenated alkanes) is 5. The van der Waals surface area contributed by atoms with Crippen LogP contribution in [0, 0.1) is 76.3 Å². The van der Waals surface area contributed by atoms with Gasteiger partial charge in [0, 0.05) is 84.3 Å². The molecule has 0 amide bonds. The number of nitrogen functional groups attached to an aromatic ring is 1. The lowest BCUT2D eigenvalue weighted by Crippen LogP contribution is -2.09. The summed E-state index contributed by atoms with van der Waals surface area (Å²) in [4.78, 5) is 134. The molecule has 9 N–H and O–H groups in total. The van der Waals surface area contributed by atoms with Crippen LogP contribution in [-0.2, 0) is 31.8 Å². The molecule has 35 nitrogen and oxygen atoms in total. The summed E-state index contributed by atoms with van der Waals surface area (Å²) >= 11 is 11.1. The predicted molar refractivity (Wildman–Crippen MR) is 399 cm³/mol. The Kier molecular flexibility index (Phi) is 42.5. The average molecular weight is 1580 g/mol. The quantitative estimate of drug-likeness (QED) is 0.00431. The molecule has 8 aromatic rings. The standard InChI is InChI=1S/C14H17ClN2O.C13H13NO5.C13H19NO3.C9H9NO4.C8H7NO5.C7H4ClNO4.C7H5NO5.ClH/c1-10-16-13-7-6-11(5-3-2-4-8-15)9-12(13)14(18)17-10;1-19-13(16)11-9-10(5-3-2-4-8-15)6-7-12(11)14(17)18;1-17-13(16)11-9-10(6-7-12(11)14)5-3-2-4-8-15;1-6-3-4-8(10(12)13)7(5-6)9(11)14-2;1-14-8(11)6-4-5(10)2-3-7(6)9(12)13;8-4-1-2-6(9(12)13)5(3-4)7(10)11;9-4-1-2-6(8(12)13)5(3-4)7(10)11;/h6-7,9H,2-5,8H2,1H3,(H,16,17,18);6-7,9,15H,2,4,8H2,1H3;6-7,9,15H,2-5,8,14H2,1H3;3-5H,1-2H3;2-4,10H,1H3;1-3H,(H,10,11);1-3,9H,(H,10,11);1H. The fraction of sp³-hybridized carbons (Fsp3) is 0.268. The first-order valence-electron chi connectivity index (χ1n) is 31.5. The number of nitrogens with two attached hydrogens (primary N) is 1. The van der Waals surface area contributed by atoms with E-state index < -0.39 is 88.6 Å². The van der Waals surface area contributed by atoms with Crippen LogP contribution in [0.25, 0.3) is 10.9 Å². The number of methoxy groups -OCH3 is 4. The number of aromatic amines is 1. The molecule has 0 spiro atoms. The third kappa shape index (κ3) is 32.3. The number of hydrogen-bond acceptors (Lipinski definition) is 27. The average Bonchev–Trinajstić information content (AvgIpc) is 0.817. The van der Waals surface area contributed by atoms with Gasteiger partial charge in [0.2, 0.25) is 0 Å². The molecule has 0 fully saturated rings. The molecule has 1 heterocycles. The van der Waals surface area contributed by atoms with Crippen LogP contribution in [0.5, 0.6) is 11.5 Å². The number of halogens is 3. The highest BCUT2D eigenvalue weighted by Crippen LogP contribution is 2.27. The van der Waals surface area contributed by atoms with Crippen molar-refractivity contribution in [2.75, 3.05) is 53.3 Å². The van der Waals surface area contributed by atoms with Crippen LogP contribution in [0.15, 0.2) is 132 Å². The van der Waals surface area contributed by atoms with E-state index in [0.717, 1.165) is 137 Å². The van der Waals surface area contributed by atoms with E-state index in [9.17, 15) is 84.1 Å². The molecule has 582 valence electrons. The van der Waals surface area contributed by atoms with Crippen LogP contribution in [0.2, 0.25) is 5.02 Å². The van der Waals surface area contributed by atoms with Crippen LogP contribution >= 0.6 is 35.6 Å². The largest absolute Gasteiger partial charge is 0.508 e. The van der Waals surface area contributed by atoms with E-state index in [0.29, 0.717) is 40.9 Å². The molecule has 0 bridgehead atoms. The summed E-state index contributed by atoms with van der Waals surface area (Å²) in [5, 5.41) is 106. The number of H-pyrrole nitrogens is 1. The number of aliphatic hydroxyl groups excluding tert-OH is 2. The zero-order valence-corrected chi connectivity index (χ0v) is 61.3. The molecule has 0 unspecified atom stereocenters. The van der Waals surface area contributed by atoms with E-state index in [1.165, 1.54) is 56.2 Å². The minimum Gasteiger partial charge on any atom is -0.508 e. The number of fused-ring (bicyclic) bond motifs is 1. The summed E-state index contributed by atoms with van der Waals surface area (Å²) in [5.41, 5.74) is 7.53. The Balaban J connectivity index is 0.000000638. The van der Waals surface area contributed by atoms with Gasteiger partial charge < -0.3 is 60.3 Å². The van der Waals surface area contributed by atoms with Gasteiger partial charge in [-0.3, -0.25) is 55.4 Å². The summed E-state index contributed by atoms with van der Waals surface area (Å²) in [6, 6.07) is 29.0. The molecule has 109 heavy (non-hydrogen) atoms. The number of rotatable bonds is 23. The number of nitro benzene ring substituents is 5. The van der Waals surface area contributed by atoms with E-state index in [2.05, 4.69) is 46.8 Å². The third-order valence-electron chi connectivity index (χ3n) is 14.1. The molecule has 1 aromatic heterocycles. The minimum absolute atomic E-state index is 0. The van der Waals surface area contributed by atoms with Crippen molar-refractivity contribution in [1.82, 2.24) is 9.97 Å². The number of aromatic hydroxyl groups is 2. The van der Waals surface area contributed by atoms with Gasteiger partial charge >= 0.3 is 35.8 Å². The zero-order valence-electron chi connectivity index (χ0n) is 59.0. The van der Waals surface area contributed by atoms with Crippen molar-refractivity contribution in [3.63, 3.8) is 0 Å². The molecular weight excluding hydrogens is 1500 g/mol. The number of nitrogens with zero attached hydrogens (tertiary/aromatic N) is 6. The van der Waals surface area contributed by atoms with Gasteiger partial charge in [-0.2, -0.15) is 0 Å². The maximum absolute atomic E-state index is 11.8. The van der Waals surface area contributed by atoms with Crippen molar-refractivity contribution in [3.05, 3.63) is 255 Å². The SMILES string of the molecule is COC(=O)c1cc(C#CCCCO)ccc1[N+](=O)[O-].COC(=O)c1cc(C)ccc1[N+](=O)[O-].COC(=O)c1cc(CCCCCO)ccc1N.COC(=O)c1cc(O)ccc1[N+](=O)[O-].Cc1nc2ccc(CCCCCCl)cc2c(=O)[nH]1.Cl.O=C(O)c1cc(Cl)ccc1[N+](=O)[O-].O=C(O)c1cc(O)ccc1[N+](=O)[O-]. The minimum atomic E-state index is -1.44. The normalized spacial score (nSPS) is 9.78. The van der Waals surface area contributed by atoms with Crippen LogP contribution in [0.3, 0.4) is 0 Å². The second-order valence-electron chi connectivity index (χ2n) is 21.8. The van der Waals surface area contributed by atoms with Crippen LogP contribution < -0.4 is 11.3 Å². The molecule has 38 heteroatoms. The molecule has 0 atom stereocenters. The van der Waals surface area contributed by atoms with Gasteiger partial charge in [-0.15, -0.1) is 24.0 Å². The highest BCUT2D eigenvalue weighted by atomic mass is 35.5. The topological polar surface area (TPSA) is 548 Å². The number of aromatic nitrogens is 2. The second kappa shape index (κ2) is 49.1. The number of carboxylic acid groups (broad SMARTS) is 2. The molecule has 0 aliphatic heterocycles. The van der Waals surface area contributed by atoms with E-state index in [1.54, 1.807) is 32.0 Å². The van der Waals surface area contributed by atoms with E-state index in [4.69, 9.17) is 59.6 Å². The maximum Gasteiger partial charge on any atom is 0.345 e. The molecule has 0 saturated carbocycles. The summed E-state index contributed by atoms with van der Waals surface area (Å²) < 4.78 is 17.9. The smallest absolute Gasteiger partial charge is 0.345 e. The Bertz CT molecular complexity index is 4510. The molecule has 0 saturated heterocycles. The number of ether oxygens (including phenoxy) is 4. The number of carbonyl (C=O) groups excluding carboxylic acids is 4. The lowest BCUT2D eigenvalue weighted by Gasteiger charge is -2.07. The number of benzene rings is 7. The number of phenols is 2. The number of nitro groups is 5. The number of alkyl halides is 1. The van der Waals surface area contributed by atoms with Crippen molar-refractivity contribution >= 4 is 116 Å². The first-order chi connectivity index (χ1) is 51.1. The number of aryl methyl sites for hydroxylation is 4. The Morgan fingerprint density at radius 2 is 0.917 bits per heavy atom. The summed E-state index contributed by atoms with van der Waals surface area (Å²) in [6.45, 7) is 3.83. The van der Waals surface area contributed by atoms with Crippen molar-refractivity contribution < 1.29 is 103 Å². The van der Waals surface area contributed by atoms with Crippen molar-refractivity contribution in [2.45, 2.75) is 78.1 Å². The highest BCUT2D eigenvalue weighted by molar-refractivity contribution is 6.31. The fourth-order valence-corrected chi connectivity index (χ4v) is 9.19. The lowest BCUT2D eigenvalue weighted by molar-refractivity contribution is -0.385. The molecule has 0 radical (unpaired) electrons. The Hall–Kier alpha value is -12.8. The molecule has 0 aliphatic carbocycles. The number of hydrogen-bond donors (Lipinski definition) is 8. The number of aromatic carboxylic acids is 2. The fourth-order valence-electron chi connectivity index (χ4n) is 8.83. The molecule has 7 aromatic carbocycles. The van der Waals surface area contributed by atoms with Crippen LogP contribution in [0.1, 0.15) is 142 Å². The van der Waals surface area contributed by atoms with Crippen LogP contribution in [-0.4, -0.2) is 149 Å². The number of phenolic OH excluding ortho intramolecular Hbond substituents is 2. The summed E-state index contributed by atoms with van der Waals surface area (Å²) in [6.07, 6.45) is 9.02. The Morgan fingerprint density at radius 3 is 1.39 bits per heavy atom. The predicted octanol–water partition coefficient (Wildman–Crippen LogP) is 12.6. The maximum atomic E-state index is 11.8. The lowest BCUT2D eigenvalue weighted by atomic mass is 10.0. The zero-order chi connectivity index (χ0) is 81.3. The first kappa shape index (κ1) is 94.3. The number of carboxylic acids is 2.